The lowest BCUT2D eigenvalue weighted by Gasteiger charge is -2.32. The average molecular weight is 512 g/mol. The van der Waals surface area contributed by atoms with E-state index in [2.05, 4.69) is 5.32 Å². The van der Waals surface area contributed by atoms with Crippen LogP contribution in [-0.2, 0) is 26.2 Å². The highest BCUT2D eigenvalue weighted by Gasteiger charge is 2.33. The number of hydrogen-bond donors (Lipinski definition) is 1. The molecule has 1 atom stereocenters. The SMILES string of the molecule is CNC(=O)[C@@H](C)N(Cc1cccc(C)c1)C(=O)CN(c1ccccc1F)S(=O)(=O)c1ccc(C)cc1. The van der Waals surface area contributed by atoms with E-state index >= 15 is 0 Å². The van der Waals surface area contributed by atoms with Crippen molar-refractivity contribution in [2.45, 2.75) is 38.3 Å². The van der Waals surface area contributed by atoms with Crippen LogP contribution in [0.15, 0.2) is 77.7 Å². The summed E-state index contributed by atoms with van der Waals surface area (Å²) in [5.41, 5.74) is 2.35. The smallest absolute Gasteiger partial charge is 0.264 e. The Bertz CT molecular complexity index is 1340. The fraction of sp³-hybridized carbons (Fsp3) is 0.259. The summed E-state index contributed by atoms with van der Waals surface area (Å²) in [6.45, 7) is 4.67. The third-order valence-corrected chi connectivity index (χ3v) is 7.63. The highest BCUT2D eigenvalue weighted by Crippen LogP contribution is 2.27. The highest BCUT2D eigenvalue weighted by atomic mass is 32.2. The minimum Gasteiger partial charge on any atom is -0.357 e. The van der Waals surface area contributed by atoms with Crippen molar-refractivity contribution in [3.8, 4) is 0 Å². The second-order valence-electron chi connectivity index (χ2n) is 8.58. The van der Waals surface area contributed by atoms with Gasteiger partial charge in [0.15, 0.2) is 0 Å². The molecular weight excluding hydrogens is 481 g/mol. The summed E-state index contributed by atoms with van der Waals surface area (Å²) in [7, 11) is -2.85. The number of hydrogen-bond acceptors (Lipinski definition) is 4. The second kappa shape index (κ2) is 11.3. The first kappa shape index (κ1) is 26.9. The van der Waals surface area contributed by atoms with Crippen LogP contribution in [0.4, 0.5) is 10.1 Å². The van der Waals surface area contributed by atoms with Crippen molar-refractivity contribution in [2.24, 2.45) is 0 Å². The van der Waals surface area contributed by atoms with Gasteiger partial charge in [-0.25, -0.2) is 12.8 Å². The predicted octanol–water partition coefficient (Wildman–Crippen LogP) is 3.80. The van der Waals surface area contributed by atoms with Gasteiger partial charge in [-0.1, -0.05) is 59.7 Å². The standard InChI is InChI=1S/C27H30FN3O4S/c1-19-12-14-23(15-13-19)36(34,35)31(25-11-6-5-10-24(25)28)18-26(32)30(21(3)27(33)29-4)17-22-9-7-8-20(2)16-22/h5-16,21H,17-18H2,1-4H3,(H,29,33)/t21-/m1/s1. The van der Waals surface area contributed by atoms with Crippen LogP contribution in [0.25, 0.3) is 0 Å². The molecule has 0 saturated carbocycles. The number of para-hydroxylation sites is 1. The molecular formula is C27H30FN3O4S. The molecule has 0 saturated heterocycles. The highest BCUT2D eigenvalue weighted by molar-refractivity contribution is 7.92. The van der Waals surface area contributed by atoms with Gasteiger partial charge in [-0.3, -0.25) is 13.9 Å². The summed E-state index contributed by atoms with van der Waals surface area (Å²) >= 11 is 0. The van der Waals surface area contributed by atoms with Crippen LogP contribution in [0.5, 0.6) is 0 Å². The Balaban J connectivity index is 2.05. The number of likely N-dealkylation sites (N-methyl/N-ethyl adjacent to an activating group) is 1. The molecule has 0 aliphatic heterocycles. The molecule has 0 fully saturated rings. The van der Waals surface area contributed by atoms with Crippen molar-refractivity contribution in [3.63, 3.8) is 0 Å². The van der Waals surface area contributed by atoms with Crippen LogP contribution < -0.4 is 9.62 Å². The lowest BCUT2D eigenvalue weighted by atomic mass is 10.1. The Labute approximate surface area is 211 Å². The van der Waals surface area contributed by atoms with E-state index in [1.807, 2.05) is 38.1 Å². The number of sulfonamides is 1. The summed E-state index contributed by atoms with van der Waals surface area (Å²) in [5.74, 6) is -1.84. The molecule has 0 bridgehead atoms. The largest absolute Gasteiger partial charge is 0.357 e. The van der Waals surface area contributed by atoms with Crippen molar-refractivity contribution in [2.75, 3.05) is 17.9 Å². The average Bonchev–Trinajstić information content (AvgIpc) is 2.85. The summed E-state index contributed by atoms with van der Waals surface area (Å²) in [6.07, 6.45) is 0. The van der Waals surface area contributed by atoms with Crippen LogP contribution in [0, 0.1) is 19.7 Å². The molecule has 2 amide bonds. The summed E-state index contributed by atoms with van der Waals surface area (Å²) in [4.78, 5) is 27.3. The van der Waals surface area contributed by atoms with Crippen molar-refractivity contribution in [3.05, 3.63) is 95.3 Å². The first-order valence-corrected chi connectivity index (χ1v) is 12.9. The maximum Gasteiger partial charge on any atom is 0.264 e. The number of carbonyl (C=O) groups is 2. The third kappa shape index (κ3) is 6.09. The van der Waals surface area contributed by atoms with E-state index in [4.69, 9.17) is 0 Å². The van der Waals surface area contributed by atoms with Gasteiger partial charge in [0.25, 0.3) is 10.0 Å². The van der Waals surface area contributed by atoms with Crippen molar-refractivity contribution in [1.82, 2.24) is 10.2 Å². The van der Waals surface area contributed by atoms with Crippen molar-refractivity contribution >= 4 is 27.5 Å². The number of aryl methyl sites for hydroxylation is 2. The van der Waals surface area contributed by atoms with E-state index in [0.29, 0.717) is 0 Å². The summed E-state index contributed by atoms with van der Waals surface area (Å²) < 4.78 is 42.9. The molecule has 190 valence electrons. The zero-order valence-corrected chi connectivity index (χ0v) is 21.5. The number of nitrogens with zero attached hydrogens (tertiary/aromatic N) is 2. The first-order chi connectivity index (χ1) is 17.0. The van der Waals surface area contributed by atoms with Crippen LogP contribution in [0.1, 0.15) is 23.6 Å². The second-order valence-corrected chi connectivity index (χ2v) is 10.4. The van der Waals surface area contributed by atoms with E-state index in [9.17, 15) is 22.4 Å². The molecule has 0 aliphatic rings. The third-order valence-electron chi connectivity index (χ3n) is 5.86. The number of rotatable bonds is 9. The van der Waals surface area contributed by atoms with Crippen LogP contribution in [-0.4, -0.2) is 44.8 Å². The fourth-order valence-corrected chi connectivity index (χ4v) is 5.23. The first-order valence-electron chi connectivity index (χ1n) is 11.4. The molecule has 1 N–H and O–H groups in total. The molecule has 3 rings (SSSR count). The fourth-order valence-electron chi connectivity index (χ4n) is 3.80. The molecule has 0 heterocycles. The van der Waals surface area contributed by atoms with Gasteiger partial charge in [0, 0.05) is 13.6 Å². The van der Waals surface area contributed by atoms with Crippen LogP contribution >= 0.6 is 0 Å². The molecule has 3 aromatic rings. The summed E-state index contributed by atoms with van der Waals surface area (Å²) in [6, 6.07) is 18.0. The van der Waals surface area contributed by atoms with Gasteiger partial charge in [0.05, 0.1) is 10.6 Å². The van der Waals surface area contributed by atoms with E-state index in [1.54, 1.807) is 19.1 Å². The Morgan fingerprint density at radius 3 is 2.22 bits per heavy atom. The van der Waals surface area contributed by atoms with Crippen molar-refractivity contribution in [1.29, 1.82) is 0 Å². The topological polar surface area (TPSA) is 86.8 Å². The Morgan fingerprint density at radius 1 is 0.944 bits per heavy atom. The van der Waals surface area contributed by atoms with E-state index in [0.717, 1.165) is 27.1 Å². The molecule has 0 unspecified atom stereocenters. The molecule has 7 nitrogen and oxygen atoms in total. The van der Waals surface area contributed by atoms with Crippen LogP contribution in [0.3, 0.4) is 0 Å². The number of nitrogens with one attached hydrogen (secondary N) is 1. The molecule has 0 radical (unpaired) electrons. The van der Waals surface area contributed by atoms with Gasteiger partial charge in [0.2, 0.25) is 11.8 Å². The predicted molar refractivity (Wildman–Crippen MR) is 137 cm³/mol. The number of carbonyl (C=O) groups excluding carboxylic acids is 2. The number of benzene rings is 3. The van der Waals surface area contributed by atoms with E-state index in [1.165, 1.54) is 42.3 Å². The van der Waals surface area contributed by atoms with E-state index in [-0.39, 0.29) is 17.1 Å². The molecule has 3 aromatic carbocycles. The minimum absolute atomic E-state index is 0.0742. The molecule has 9 heteroatoms. The molecule has 0 spiro atoms. The zero-order valence-electron chi connectivity index (χ0n) is 20.7. The normalized spacial score (nSPS) is 12.0. The van der Waals surface area contributed by atoms with Gasteiger partial charge in [-0.15, -0.1) is 0 Å². The number of amides is 2. The van der Waals surface area contributed by atoms with Gasteiger partial charge in [-0.2, -0.15) is 0 Å². The quantitative estimate of drug-likeness (QED) is 0.474. The van der Waals surface area contributed by atoms with Gasteiger partial charge in [-0.05, 0) is 50.6 Å². The van der Waals surface area contributed by atoms with Gasteiger partial charge >= 0.3 is 0 Å². The Kier molecular flexibility index (Phi) is 8.47. The minimum atomic E-state index is -4.31. The number of halogens is 1. The summed E-state index contributed by atoms with van der Waals surface area (Å²) in [5, 5.41) is 2.53. The molecule has 0 aromatic heterocycles. The molecule has 36 heavy (non-hydrogen) atoms. The maximum absolute atomic E-state index is 14.8. The van der Waals surface area contributed by atoms with E-state index < -0.39 is 40.2 Å². The van der Waals surface area contributed by atoms with Crippen molar-refractivity contribution < 1.29 is 22.4 Å². The molecule has 0 aliphatic carbocycles. The monoisotopic (exact) mass is 511 g/mol. The zero-order chi connectivity index (χ0) is 26.5. The maximum atomic E-state index is 14.8. The Morgan fingerprint density at radius 2 is 1.61 bits per heavy atom. The van der Waals surface area contributed by atoms with Crippen LogP contribution in [0.2, 0.25) is 0 Å². The number of anilines is 1. The van der Waals surface area contributed by atoms with Gasteiger partial charge < -0.3 is 10.2 Å². The lowest BCUT2D eigenvalue weighted by Crippen LogP contribution is -2.50. The van der Waals surface area contributed by atoms with Gasteiger partial charge in [0.1, 0.15) is 18.4 Å². The lowest BCUT2D eigenvalue weighted by molar-refractivity contribution is -0.139. The Hall–Kier alpha value is -3.72.